The second-order valence-electron chi connectivity index (χ2n) is 7.51. The molecule has 0 aliphatic carbocycles. The van der Waals surface area contributed by atoms with Crippen molar-refractivity contribution < 1.29 is 4.52 Å². The van der Waals surface area contributed by atoms with E-state index in [0.29, 0.717) is 23.3 Å². The molecule has 1 fully saturated rings. The average molecular weight is 436 g/mol. The molecule has 4 aromatic rings. The van der Waals surface area contributed by atoms with Crippen LogP contribution in [0.2, 0.25) is 5.02 Å². The zero-order valence-corrected chi connectivity index (χ0v) is 17.7. The third kappa shape index (κ3) is 4.66. The largest absolute Gasteiger partial charge is 0.338 e. The van der Waals surface area contributed by atoms with Gasteiger partial charge in [0.1, 0.15) is 0 Å². The van der Waals surface area contributed by atoms with Gasteiger partial charge in [-0.3, -0.25) is 19.5 Å². The van der Waals surface area contributed by atoms with Crippen LogP contribution in [0.25, 0.3) is 22.6 Å². The molecule has 3 aromatic heterocycles. The highest BCUT2D eigenvalue weighted by Gasteiger charge is 2.20. The van der Waals surface area contributed by atoms with Crippen LogP contribution in [0.1, 0.15) is 5.89 Å². The summed E-state index contributed by atoms with van der Waals surface area (Å²) in [4.78, 5) is 13.4. The van der Waals surface area contributed by atoms with E-state index in [1.54, 1.807) is 12.4 Å². The van der Waals surface area contributed by atoms with Gasteiger partial charge in [0.2, 0.25) is 11.7 Å². The molecule has 8 nitrogen and oxygen atoms in total. The smallest absolute Gasteiger partial charge is 0.241 e. The molecule has 0 N–H and O–H groups in total. The summed E-state index contributed by atoms with van der Waals surface area (Å²) in [6.45, 7) is 5.19. The Morgan fingerprint density at radius 1 is 0.839 bits per heavy atom. The molecular formula is C22H22ClN7O. The standard InChI is InChI=1S/C22H22ClN7O/c23-19-3-1-18(2-4-19)22-26-21(31-27-22)15-28-11-13-29(14-12-28)16-30-20(7-10-25-30)17-5-8-24-9-6-17/h1-10H,11-16H2. The first-order valence-corrected chi connectivity index (χ1v) is 10.6. The number of hydrogen-bond donors (Lipinski definition) is 0. The Hall–Kier alpha value is -3.07. The number of hydrogen-bond acceptors (Lipinski definition) is 7. The fourth-order valence-corrected chi connectivity index (χ4v) is 3.84. The molecule has 0 saturated carbocycles. The van der Waals surface area contributed by atoms with Gasteiger partial charge in [-0.25, -0.2) is 0 Å². The van der Waals surface area contributed by atoms with E-state index in [2.05, 4.69) is 30.0 Å². The van der Waals surface area contributed by atoms with Gasteiger partial charge in [-0.15, -0.1) is 0 Å². The highest BCUT2D eigenvalue weighted by atomic mass is 35.5. The Morgan fingerprint density at radius 3 is 2.35 bits per heavy atom. The average Bonchev–Trinajstić information content (AvgIpc) is 3.46. The normalized spacial score (nSPS) is 15.4. The van der Waals surface area contributed by atoms with Crippen LogP contribution in [0.5, 0.6) is 0 Å². The van der Waals surface area contributed by atoms with Crippen molar-refractivity contribution in [3.05, 3.63) is 72.0 Å². The van der Waals surface area contributed by atoms with Crippen LogP contribution >= 0.6 is 11.6 Å². The first-order chi connectivity index (χ1) is 15.2. The maximum absolute atomic E-state index is 5.95. The van der Waals surface area contributed by atoms with Gasteiger partial charge in [-0.1, -0.05) is 16.8 Å². The van der Waals surface area contributed by atoms with E-state index >= 15 is 0 Å². The maximum Gasteiger partial charge on any atom is 0.241 e. The molecule has 5 rings (SSSR count). The summed E-state index contributed by atoms with van der Waals surface area (Å²) in [6.07, 6.45) is 5.46. The number of pyridine rings is 1. The highest BCUT2D eigenvalue weighted by Crippen LogP contribution is 2.20. The summed E-state index contributed by atoms with van der Waals surface area (Å²) >= 11 is 5.95. The minimum absolute atomic E-state index is 0.590. The minimum Gasteiger partial charge on any atom is -0.338 e. The molecule has 1 aliphatic rings. The van der Waals surface area contributed by atoms with Crippen molar-refractivity contribution in [2.75, 3.05) is 26.2 Å². The highest BCUT2D eigenvalue weighted by molar-refractivity contribution is 6.30. The van der Waals surface area contributed by atoms with Crippen LogP contribution < -0.4 is 0 Å². The molecule has 1 saturated heterocycles. The Bertz CT molecular complexity index is 1120. The molecule has 0 unspecified atom stereocenters. The number of nitrogens with zero attached hydrogens (tertiary/aromatic N) is 7. The van der Waals surface area contributed by atoms with Crippen LogP contribution in [-0.2, 0) is 13.2 Å². The van der Waals surface area contributed by atoms with Gasteiger partial charge in [0.15, 0.2) is 0 Å². The maximum atomic E-state index is 5.95. The van der Waals surface area contributed by atoms with Crippen LogP contribution in [0, 0.1) is 0 Å². The Kier molecular flexibility index (Phi) is 5.75. The second-order valence-corrected chi connectivity index (χ2v) is 7.94. The summed E-state index contributed by atoms with van der Waals surface area (Å²) in [6, 6.07) is 13.5. The van der Waals surface area contributed by atoms with Crippen LogP contribution in [-0.4, -0.2) is 60.9 Å². The van der Waals surface area contributed by atoms with E-state index in [-0.39, 0.29) is 0 Å². The van der Waals surface area contributed by atoms with Gasteiger partial charge < -0.3 is 4.52 Å². The van der Waals surface area contributed by atoms with Crippen molar-refractivity contribution in [2.45, 2.75) is 13.2 Å². The summed E-state index contributed by atoms with van der Waals surface area (Å²) in [5.41, 5.74) is 3.12. The van der Waals surface area contributed by atoms with Gasteiger partial charge >= 0.3 is 0 Å². The number of rotatable bonds is 6. The zero-order valence-electron chi connectivity index (χ0n) is 16.9. The van der Waals surface area contributed by atoms with Crippen molar-refractivity contribution in [2.24, 2.45) is 0 Å². The minimum atomic E-state index is 0.590. The molecule has 31 heavy (non-hydrogen) atoms. The van der Waals surface area contributed by atoms with Gasteiger partial charge in [-0.05, 0) is 42.5 Å². The van der Waals surface area contributed by atoms with E-state index in [1.165, 1.54) is 0 Å². The molecule has 9 heteroatoms. The molecular weight excluding hydrogens is 414 g/mol. The number of halogens is 1. The monoisotopic (exact) mass is 435 g/mol. The summed E-state index contributed by atoms with van der Waals surface area (Å²) < 4.78 is 7.50. The van der Waals surface area contributed by atoms with Crippen molar-refractivity contribution in [3.8, 4) is 22.6 Å². The Morgan fingerprint density at radius 2 is 1.58 bits per heavy atom. The number of benzene rings is 1. The molecule has 1 aliphatic heterocycles. The van der Waals surface area contributed by atoms with Gasteiger partial charge in [0.25, 0.3) is 0 Å². The molecule has 1 aromatic carbocycles. The lowest BCUT2D eigenvalue weighted by molar-refractivity contribution is 0.0920. The van der Waals surface area contributed by atoms with E-state index < -0.39 is 0 Å². The van der Waals surface area contributed by atoms with Crippen LogP contribution in [0.3, 0.4) is 0 Å². The second kappa shape index (κ2) is 8.97. The summed E-state index contributed by atoms with van der Waals surface area (Å²) in [5.74, 6) is 1.22. The van der Waals surface area contributed by atoms with Gasteiger partial charge in [-0.2, -0.15) is 10.1 Å². The number of aromatic nitrogens is 5. The van der Waals surface area contributed by atoms with Crippen molar-refractivity contribution in [1.29, 1.82) is 0 Å². The van der Waals surface area contributed by atoms with E-state index in [4.69, 9.17) is 16.1 Å². The fraction of sp³-hybridized carbons (Fsp3) is 0.273. The number of piperazine rings is 1. The lowest BCUT2D eigenvalue weighted by atomic mass is 10.2. The fourth-order valence-electron chi connectivity index (χ4n) is 3.72. The van der Waals surface area contributed by atoms with Crippen molar-refractivity contribution in [3.63, 3.8) is 0 Å². The van der Waals surface area contributed by atoms with Gasteiger partial charge in [0.05, 0.1) is 18.9 Å². The Labute approximate surface area is 185 Å². The molecule has 158 valence electrons. The predicted molar refractivity (Wildman–Crippen MR) is 117 cm³/mol. The molecule has 0 amide bonds. The lowest BCUT2D eigenvalue weighted by Gasteiger charge is -2.34. The van der Waals surface area contributed by atoms with E-state index in [9.17, 15) is 0 Å². The van der Waals surface area contributed by atoms with Crippen LogP contribution in [0.4, 0.5) is 0 Å². The molecule has 0 bridgehead atoms. The molecule has 0 spiro atoms. The van der Waals surface area contributed by atoms with Crippen LogP contribution in [0.15, 0.2) is 65.6 Å². The predicted octanol–water partition coefficient (Wildman–Crippen LogP) is 3.42. The quantitative estimate of drug-likeness (QED) is 0.459. The topological polar surface area (TPSA) is 76.1 Å². The van der Waals surface area contributed by atoms with Crippen molar-refractivity contribution in [1.82, 2.24) is 34.7 Å². The van der Waals surface area contributed by atoms with E-state index in [0.717, 1.165) is 49.7 Å². The molecule has 0 atom stereocenters. The zero-order chi connectivity index (χ0) is 21.0. The van der Waals surface area contributed by atoms with Gasteiger partial charge in [0, 0.05) is 60.9 Å². The Balaban J connectivity index is 1.16. The van der Waals surface area contributed by atoms with E-state index in [1.807, 2.05) is 53.3 Å². The SMILES string of the molecule is Clc1ccc(-c2noc(CN3CCN(Cn4nccc4-c4ccncc4)CC3)n2)cc1. The van der Waals surface area contributed by atoms with Crippen molar-refractivity contribution >= 4 is 11.6 Å². The lowest BCUT2D eigenvalue weighted by Crippen LogP contribution is -2.46. The summed E-state index contributed by atoms with van der Waals surface area (Å²) in [5, 5.41) is 9.30. The first kappa shape index (κ1) is 19.9. The first-order valence-electron chi connectivity index (χ1n) is 10.2. The summed E-state index contributed by atoms with van der Waals surface area (Å²) in [7, 11) is 0. The molecule has 4 heterocycles. The third-order valence-electron chi connectivity index (χ3n) is 5.42. The molecule has 0 radical (unpaired) electrons. The third-order valence-corrected chi connectivity index (χ3v) is 5.67.